The van der Waals surface area contributed by atoms with E-state index in [9.17, 15) is 4.79 Å². The molecule has 0 saturated carbocycles. The summed E-state index contributed by atoms with van der Waals surface area (Å²) in [5.41, 5.74) is 2.77. The summed E-state index contributed by atoms with van der Waals surface area (Å²) in [6, 6.07) is 11.5. The highest BCUT2D eigenvalue weighted by atomic mass is 16.5. The second kappa shape index (κ2) is 7.74. The van der Waals surface area contributed by atoms with Gasteiger partial charge in [-0.3, -0.25) is 4.79 Å². The summed E-state index contributed by atoms with van der Waals surface area (Å²) in [6.45, 7) is 9.83. The van der Waals surface area contributed by atoms with Crippen LogP contribution in [0.5, 0.6) is 17.2 Å². The van der Waals surface area contributed by atoms with Gasteiger partial charge in [0.1, 0.15) is 22.8 Å². The van der Waals surface area contributed by atoms with E-state index in [2.05, 4.69) is 11.4 Å². The molecule has 150 valence electrons. The fourth-order valence-corrected chi connectivity index (χ4v) is 3.64. The number of carbonyl (C=O) groups is 1. The molecule has 2 aromatic rings. The number of aryl methyl sites for hydroxylation is 2. The molecule has 1 N–H and O–H groups in total. The van der Waals surface area contributed by atoms with Crippen LogP contribution in [0, 0.1) is 13.8 Å². The highest BCUT2D eigenvalue weighted by molar-refractivity contribution is 5.81. The third-order valence-corrected chi connectivity index (χ3v) is 4.87. The molecule has 2 atom stereocenters. The molecule has 5 nitrogen and oxygen atoms in total. The summed E-state index contributed by atoms with van der Waals surface area (Å²) >= 11 is 0. The number of ether oxygens (including phenoxy) is 3. The van der Waals surface area contributed by atoms with Crippen LogP contribution >= 0.6 is 0 Å². The monoisotopic (exact) mass is 383 g/mol. The highest BCUT2D eigenvalue weighted by Gasteiger charge is 2.35. The zero-order chi connectivity index (χ0) is 20.5. The Labute approximate surface area is 167 Å². The normalized spacial score (nSPS) is 18.4. The van der Waals surface area contributed by atoms with Crippen LogP contribution in [-0.4, -0.2) is 24.7 Å². The lowest BCUT2D eigenvalue weighted by atomic mass is 9.89. The standard InChI is InChI=1S/C23H29NO4/c1-14-9-15(2)11-18(10-14)27-16(3)22(25)24-20-13-23(4,5)28-21-12-17(26-6)7-8-19(20)21/h7-12,16,20H,13H2,1-6H3,(H,24,25)/t16-,20+/m1/s1. The molecular formula is C23H29NO4. The average molecular weight is 383 g/mol. The van der Waals surface area contributed by atoms with Crippen molar-refractivity contribution in [2.24, 2.45) is 0 Å². The van der Waals surface area contributed by atoms with E-state index in [1.807, 2.05) is 58.0 Å². The van der Waals surface area contributed by atoms with Gasteiger partial charge in [0, 0.05) is 18.1 Å². The van der Waals surface area contributed by atoms with Gasteiger partial charge in [0.05, 0.1) is 13.2 Å². The first-order valence-corrected chi connectivity index (χ1v) is 9.59. The van der Waals surface area contributed by atoms with Crippen molar-refractivity contribution in [1.82, 2.24) is 5.32 Å². The second-order valence-corrected chi connectivity index (χ2v) is 8.11. The lowest BCUT2D eigenvalue weighted by Crippen LogP contribution is -2.44. The van der Waals surface area contributed by atoms with Crippen molar-refractivity contribution in [3.8, 4) is 17.2 Å². The molecular weight excluding hydrogens is 354 g/mol. The van der Waals surface area contributed by atoms with Crippen molar-refractivity contribution in [3.63, 3.8) is 0 Å². The molecule has 5 heteroatoms. The lowest BCUT2D eigenvalue weighted by Gasteiger charge is -2.38. The van der Waals surface area contributed by atoms with Crippen molar-refractivity contribution < 1.29 is 19.0 Å². The van der Waals surface area contributed by atoms with Gasteiger partial charge in [0.25, 0.3) is 5.91 Å². The van der Waals surface area contributed by atoms with E-state index in [0.29, 0.717) is 12.2 Å². The van der Waals surface area contributed by atoms with E-state index in [1.54, 1.807) is 14.0 Å². The van der Waals surface area contributed by atoms with Gasteiger partial charge in [-0.2, -0.15) is 0 Å². The van der Waals surface area contributed by atoms with Crippen molar-refractivity contribution in [2.45, 2.75) is 58.8 Å². The summed E-state index contributed by atoms with van der Waals surface area (Å²) in [5, 5.41) is 3.13. The molecule has 1 amide bonds. The molecule has 0 bridgehead atoms. The topological polar surface area (TPSA) is 56.8 Å². The molecule has 0 aromatic heterocycles. The predicted octanol–water partition coefficient (Wildman–Crippen LogP) is 4.50. The Morgan fingerprint density at radius 2 is 1.82 bits per heavy atom. The molecule has 1 aliphatic heterocycles. The van der Waals surface area contributed by atoms with Crippen LogP contribution in [0.2, 0.25) is 0 Å². The van der Waals surface area contributed by atoms with Gasteiger partial charge < -0.3 is 19.5 Å². The number of hydrogen-bond donors (Lipinski definition) is 1. The molecule has 2 aromatic carbocycles. The first-order chi connectivity index (χ1) is 13.2. The zero-order valence-corrected chi connectivity index (χ0v) is 17.5. The Morgan fingerprint density at radius 1 is 1.14 bits per heavy atom. The number of amides is 1. The molecule has 0 radical (unpaired) electrons. The fourth-order valence-electron chi connectivity index (χ4n) is 3.64. The average Bonchev–Trinajstić information content (AvgIpc) is 2.59. The quantitative estimate of drug-likeness (QED) is 0.826. The molecule has 28 heavy (non-hydrogen) atoms. The Bertz CT molecular complexity index is 855. The number of benzene rings is 2. The third kappa shape index (κ3) is 4.58. The van der Waals surface area contributed by atoms with Crippen molar-refractivity contribution in [3.05, 3.63) is 53.1 Å². The van der Waals surface area contributed by atoms with Gasteiger partial charge >= 0.3 is 0 Å². The van der Waals surface area contributed by atoms with Crippen LogP contribution in [0.4, 0.5) is 0 Å². The maximum atomic E-state index is 12.8. The second-order valence-electron chi connectivity index (χ2n) is 8.11. The minimum atomic E-state index is -0.603. The van der Waals surface area contributed by atoms with E-state index >= 15 is 0 Å². The molecule has 0 saturated heterocycles. The largest absolute Gasteiger partial charge is 0.497 e. The van der Waals surface area contributed by atoms with Crippen LogP contribution in [0.25, 0.3) is 0 Å². The summed E-state index contributed by atoms with van der Waals surface area (Å²) in [4.78, 5) is 12.8. The number of carbonyl (C=O) groups excluding carboxylic acids is 1. The van der Waals surface area contributed by atoms with Gasteiger partial charge in [-0.25, -0.2) is 0 Å². The maximum absolute atomic E-state index is 12.8. The van der Waals surface area contributed by atoms with Gasteiger partial charge in [-0.1, -0.05) is 6.07 Å². The van der Waals surface area contributed by atoms with Gasteiger partial charge in [0.15, 0.2) is 6.10 Å². The van der Waals surface area contributed by atoms with Gasteiger partial charge in [0.2, 0.25) is 0 Å². The van der Waals surface area contributed by atoms with Crippen molar-refractivity contribution >= 4 is 5.91 Å². The van der Waals surface area contributed by atoms with Crippen LogP contribution in [0.3, 0.4) is 0 Å². The fraction of sp³-hybridized carbons (Fsp3) is 0.435. The van der Waals surface area contributed by atoms with E-state index in [-0.39, 0.29) is 11.9 Å². The Balaban J connectivity index is 1.76. The highest BCUT2D eigenvalue weighted by Crippen LogP contribution is 2.41. The summed E-state index contributed by atoms with van der Waals surface area (Å²) in [6.07, 6.45) is 0.0720. The Kier molecular flexibility index (Phi) is 5.54. The zero-order valence-electron chi connectivity index (χ0n) is 17.5. The molecule has 0 unspecified atom stereocenters. The predicted molar refractivity (Wildman–Crippen MR) is 109 cm³/mol. The van der Waals surface area contributed by atoms with Crippen molar-refractivity contribution in [2.75, 3.05) is 7.11 Å². The number of nitrogens with one attached hydrogen (secondary N) is 1. The minimum Gasteiger partial charge on any atom is -0.497 e. The molecule has 3 rings (SSSR count). The third-order valence-electron chi connectivity index (χ3n) is 4.87. The van der Waals surface area contributed by atoms with Gasteiger partial charge in [-0.05, 0) is 70.0 Å². The Hall–Kier alpha value is -2.69. The number of methoxy groups -OCH3 is 1. The van der Waals surface area contributed by atoms with Gasteiger partial charge in [-0.15, -0.1) is 0 Å². The molecule has 1 heterocycles. The molecule has 1 aliphatic rings. The number of rotatable bonds is 5. The molecule has 0 spiro atoms. The van der Waals surface area contributed by atoms with E-state index in [1.165, 1.54) is 0 Å². The minimum absolute atomic E-state index is 0.149. The summed E-state index contributed by atoms with van der Waals surface area (Å²) < 4.78 is 17.3. The SMILES string of the molecule is COc1ccc2c(c1)OC(C)(C)C[C@@H]2NC(=O)[C@@H](C)Oc1cc(C)cc(C)c1. The van der Waals surface area contributed by atoms with E-state index in [0.717, 1.165) is 28.2 Å². The van der Waals surface area contributed by atoms with Crippen LogP contribution < -0.4 is 19.5 Å². The number of hydrogen-bond acceptors (Lipinski definition) is 4. The Morgan fingerprint density at radius 3 is 2.46 bits per heavy atom. The summed E-state index contributed by atoms with van der Waals surface area (Å²) in [7, 11) is 1.63. The summed E-state index contributed by atoms with van der Waals surface area (Å²) in [5.74, 6) is 2.03. The number of fused-ring (bicyclic) bond motifs is 1. The van der Waals surface area contributed by atoms with Crippen LogP contribution in [-0.2, 0) is 4.79 Å². The first-order valence-electron chi connectivity index (χ1n) is 9.59. The van der Waals surface area contributed by atoms with Crippen LogP contribution in [0.1, 0.15) is 49.9 Å². The van der Waals surface area contributed by atoms with Crippen LogP contribution in [0.15, 0.2) is 36.4 Å². The van der Waals surface area contributed by atoms with E-state index < -0.39 is 11.7 Å². The molecule has 0 aliphatic carbocycles. The van der Waals surface area contributed by atoms with E-state index in [4.69, 9.17) is 14.2 Å². The maximum Gasteiger partial charge on any atom is 0.261 e. The smallest absolute Gasteiger partial charge is 0.261 e. The lowest BCUT2D eigenvalue weighted by molar-refractivity contribution is -0.128. The first kappa shape index (κ1) is 20.1. The van der Waals surface area contributed by atoms with Crippen molar-refractivity contribution in [1.29, 1.82) is 0 Å². The molecule has 0 fully saturated rings.